The molecule has 160 valence electrons. The van der Waals surface area contributed by atoms with Crippen molar-refractivity contribution in [2.75, 3.05) is 13.2 Å². The number of oxazole rings is 1. The Balaban J connectivity index is 2.08. The van der Waals surface area contributed by atoms with Crippen molar-refractivity contribution < 1.29 is 13.9 Å². The van der Waals surface area contributed by atoms with E-state index in [-0.39, 0.29) is 5.91 Å². The van der Waals surface area contributed by atoms with Gasteiger partial charge < -0.3 is 14.5 Å². The van der Waals surface area contributed by atoms with Crippen LogP contribution in [0.4, 0.5) is 0 Å². The van der Waals surface area contributed by atoms with Crippen LogP contribution in [-0.2, 0) is 13.1 Å². The fourth-order valence-corrected chi connectivity index (χ4v) is 2.91. The quantitative estimate of drug-likeness (QED) is 0.600. The van der Waals surface area contributed by atoms with Gasteiger partial charge in [-0.1, -0.05) is 39.8 Å². The third-order valence-electron chi connectivity index (χ3n) is 4.95. The van der Waals surface area contributed by atoms with E-state index in [0.29, 0.717) is 49.2 Å². The zero-order valence-electron chi connectivity index (χ0n) is 18.6. The Labute approximate surface area is 174 Å². The number of rotatable bonds is 11. The van der Waals surface area contributed by atoms with E-state index in [1.54, 1.807) is 0 Å². The molecule has 0 aliphatic rings. The van der Waals surface area contributed by atoms with Gasteiger partial charge in [0.2, 0.25) is 5.89 Å². The molecule has 0 bridgehead atoms. The molecule has 0 fully saturated rings. The Bertz CT molecular complexity index is 753. The van der Waals surface area contributed by atoms with E-state index in [2.05, 4.69) is 62.0 Å². The average Bonchev–Trinajstić information content (AvgIpc) is 3.15. The molecule has 1 atom stereocenters. The second-order valence-corrected chi connectivity index (χ2v) is 8.20. The number of nitrogens with one attached hydrogen (secondary N) is 1. The van der Waals surface area contributed by atoms with Crippen molar-refractivity contribution >= 4 is 5.91 Å². The van der Waals surface area contributed by atoms with Gasteiger partial charge in [0.25, 0.3) is 5.91 Å². The summed E-state index contributed by atoms with van der Waals surface area (Å²) < 4.78 is 11.1. The van der Waals surface area contributed by atoms with Crippen molar-refractivity contribution in [2.24, 2.45) is 11.8 Å². The fraction of sp³-hybridized carbons (Fsp3) is 0.565. The van der Waals surface area contributed by atoms with Gasteiger partial charge in [0, 0.05) is 19.1 Å². The van der Waals surface area contributed by atoms with Crippen LogP contribution in [0.5, 0.6) is 5.75 Å². The zero-order valence-corrected chi connectivity index (χ0v) is 18.6. The van der Waals surface area contributed by atoms with E-state index in [1.807, 2.05) is 19.1 Å². The third kappa shape index (κ3) is 7.20. The van der Waals surface area contributed by atoms with E-state index in [9.17, 15) is 4.79 Å². The van der Waals surface area contributed by atoms with Crippen molar-refractivity contribution in [3.05, 3.63) is 47.7 Å². The standard InChI is InChI=1S/C23H35N3O3/c1-7-28-20-10-8-19(9-11-20)13-26(18(6)17(4)5)14-22-25-21(15-29-22)23(27)24-12-16(2)3/h8-11,15-18H,7,12-14H2,1-6H3,(H,24,27)/t18-/m1/s1. The number of nitrogens with zero attached hydrogens (tertiary/aromatic N) is 2. The second kappa shape index (κ2) is 11.0. The van der Waals surface area contributed by atoms with Gasteiger partial charge in [-0.05, 0) is 43.4 Å². The maximum absolute atomic E-state index is 12.2. The van der Waals surface area contributed by atoms with Gasteiger partial charge in [0.15, 0.2) is 5.69 Å². The van der Waals surface area contributed by atoms with Crippen LogP contribution >= 0.6 is 0 Å². The maximum atomic E-state index is 12.2. The van der Waals surface area contributed by atoms with Crippen LogP contribution in [0.1, 0.15) is 63.5 Å². The highest BCUT2D eigenvalue weighted by Gasteiger charge is 2.21. The van der Waals surface area contributed by atoms with Gasteiger partial charge >= 0.3 is 0 Å². The normalized spacial score (nSPS) is 12.6. The Hall–Kier alpha value is -2.34. The first-order valence-corrected chi connectivity index (χ1v) is 10.5. The first-order chi connectivity index (χ1) is 13.8. The third-order valence-corrected chi connectivity index (χ3v) is 4.95. The lowest BCUT2D eigenvalue weighted by Crippen LogP contribution is -2.36. The number of aromatic nitrogens is 1. The molecule has 6 nitrogen and oxygen atoms in total. The van der Waals surface area contributed by atoms with Gasteiger partial charge in [-0.15, -0.1) is 0 Å². The summed E-state index contributed by atoms with van der Waals surface area (Å²) in [5.41, 5.74) is 1.53. The molecular weight excluding hydrogens is 366 g/mol. The summed E-state index contributed by atoms with van der Waals surface area (Å²) in [6, 6.07) is 8.50. The molecule has 1 heterocycles. The molecule has 0 aliphatic carbocycles. The highest BCUT2D eigenvalue weighted by Crippen LogP contribution is 2.20. The van der Waals surface area contributed by atoms with E-state index in [1.165, 1.54) is 11.8 Å². The fourth-order valence-electron chi connectivity index (χ4n) is 2.91. The lowest BCUT2D eigenvalue weighted by atomic mass is 10.0. The minimum absolute atomic E-state index is 0.191. The molecule has 0 saturated carbocycles. The van der Waals surface area contributed by atoms with Gasteiger partial charge in [-0.2, -0.15) is 0 Å². The van der Waals surface area contributed by atoms with Crippen LogP contribution in [0.25, 0.3) is 0 Å². The minimum atomic E-state index is -0.191. The summed E-state index contributed by atoms with van der Waals surface area (Å²) in [6.07, 6.45) is 1.44. The Kier molecular flexibility index (Phi) is 8.70. The van der Waals surface area contributed by atoms with Crippen LogP contribution in [0, 0.1) is 11.8 Å². The molecule has 2 rings (SSSR count). The Morgan fingerprint density at radius 3 is 2.41 bits per heavy atom. The van der Waals surface area contributed by atoms with Crippen LogP contribution in [-0.4, -0.2) is 35.0 Å². The molecule has 1 amide bonds. The lowest BCUT2D eigenvalue weighted by Gasteiger charge is -2.30. The number of carbonyl (C=O) groups excluding carboxylic acids is 1. The molecule has 6 heteroatoms. The SMILES string of the molecule is CCOc1ccc(CN(Cc2nc(C(=O)NCC(C)C)co2)[C@H](C)C(C)C)cc1. The summed E-state index contributed by atoms with van der Waals surface area (Å²) in [5, 5.41) is 2.87. The molecule has 29 heavy (non-hydrogen) atoms. The second-order valence-electron chi connectivity index (χ2n) is 8.20. The summed E-state index contributed by atoms with van der Waals surface area (Å²) in [5.74, 6) is 2.11. The first-order valence-electron chi connectivity index (χ1n) is 10.5. The summed E-state index contributed by atoms with van der Waals surface area (Å²) in [4.78, 5) is 18.9. The Morgan fingerprint density at radius 2 is 1.83 bits per heavy atom. The molecule has 0 unspecified atom stereocenters. The minimum Gasteiger partial charge on any atom is -0.494 e. The Morgan fingerprint density at radius 1 is 1.14 bits per heavy atom. The molecule has 0 saturated heterocycles. The summed E-state index contributed by atoms with van der Waals surface area (Å²) in [7, 11) is 0. The van der Waals surface area contributed by atoms with E-state index >= 15 is 0 Å². The molecule has 0 radical (unpaired) electrons. The van der Waals surface area contributed by atoms with Crippen molar-refractivity contribution in [3.8, 4) is 5.75 Å². The van der Waals surface area contributed by atoms with Crippen molar-refractivity contribution in [1.29, 1.82) is 0 Å². The van der Waals surface area contributed by atoms with Gasteiger partial charge in [-0.25, -0.2) is 4.98 Å². The molecule has 1 N–H and O–H groups in total. The smallest absolute Gasteiger partial charge is 0.273 e. The number of carbonyl (C=O) groups is 1. The van der Waals surface area contributed by atoms with Crippen LogP contribution < -0.4 is 10.1 Å². The summed E-state index contributed by atoms with van der Waals surface area (Å²) in [6.45, 7) is 15.3. The molecule has 0 spiro atoms. The predicted octanol–water partition coefficient (Wildman–Crippen LogP) is 4.51. The molecule has 1 aromatic carbocycles. The largest absolute Gasteiger partial charge is 0.494 e. The molecule has 2 aromatic rings. The average molecular weight is 402 g/mol. The topological polar surface area (TPSA) is 67.6 Å². The highest BCUT2D eigenvalue weighted by molar-refractivity contribution is 5.91. The number of hydrogen-bond donors (Lipinski definition) is 1. The van der Waals surface area contributed by atoms with Crippen LogP contribution in [0.2, 0.25) is 0 Å². The van der Waals surface area contributed by atoms with Gasteiger partial charge in [0.1, 0.15) is 12.0 Å². The van der Waals surface area contributed by atoms with Crippen LogP contribution in [0.3, 0.4) is 0 Å². The highest BCUT2D eigenvalue weighted by atomic mass is 16.5. The monoisotopic (exact) mass is 401 g/mol. The van der Waals surface area contributed by atoms with Crippen molar-refractivity contribution in [3.63, 3.8) is 0 Å². The zero-order chi connectivity index (χ0) is 21.4. The molecule has 1 aromatic heterocycles. The molecular formula is C23H35N3O3. The molecule has 0 aliphatic heterocycles. The van der Waals surface area contributed by atoms with Crippen molar-refractivity contribution in [2.45, 2.75) is 60.7 Å². The maximum Gasteiger partial charge on any atom is 0.273 e. The van der Waals surface area contributed by atoms with E-state index in [4.69, 9.17) is 9.15 Å². The summed E-state index contributed by atoms with van der Waals surface area (Å²) >= 11 is 0. The lowest BCUT2D eigenvalue weighted by molar-refractivity contribution is 0.0943. The number of benzene rings is 1. The van der Waals surface area contributed by atoms with Gasteiger partial charge in [0.05, 0.1) is 13.2 Å². The van der Waals surface area contributed by atoms with Crippen LogP contribution in [0.15, 0.2) is 34.9 Å². The first kappa shape index (κ1) is 22.9. The number of amides is 1. The predicted molar refractivity (Wildman–Crippen MR) is 115 cm³/mol. The number of ether oxygens (including phenoxy) is 1. The van der Waals surface area contributed by atoms with Crippen molar-refractivity contribution in [1.82, 2.24) is 15.2 Å². The number of hydrogen-bond acceptors (Lipinski definition) is 5. The van der Waals surface area contributed by atoms with E-state index < -0.39 is 0 Å². The van der Waals surface area contributed by atoms with Gasteiger partial charge in [-0.3, -0.25) is 9.69 Å². The van der Waals surface area contributed by atoms with E-state index in [0.717, 1.165) is 12.3 Å².